The third kappa shape index (κ3) is 2.80. The highest BCUT2D eigenvalue weighted by atomic mass is 16.5. The van der Waals surface area contributed by atoms with Crippen molar-refractivity contribution < 1.29 is 4.74 Å². The van der Waals surface area contributed by atoms with E-state index in [-0.39, 0.29) is 6.04 Å². The van der Waals surface area contributed by atoms with E-state index in [4.69, 9.17) is 10.5 Å². The molecule has 1 saturated heterocycles. The molecule has 0 amide bonds. The molecule has 0 aromatic carbocycles. The number of nitrogens with two attached hydrogens (primary N) is 1. The zero-order valence-corrected chi connectivity index (χ0v) is 9.73. The second-order valence-electron chi connectivity index (χ2n) is 4.90. The summed E-state index contributed by atoms with van der Waals surface area (Å²) in [4.78, 5) is 2.53. The van der Waals surface area contributed by atoms with E-state index in [1.165, 1.54) is 6.42 Å². The van der Waals surface area contributed by atoms with Crippen LogP contribution in [0.3, 0.4) is 0 Å². The van der Waals surface area contributed by atoms with Crippen molar-refractivity contribution in [2.75, 3.05) is 13.1 Å². The van der Waals surface area contributed by atoms with Gasteiger partial charge in [-0.2, -0.15) is 0 Å². The Hall–Kier alpha value is -0.380. The zero-order valence-electron chi connectivity index (χ0n) is 9.73. The van der Waals surface area contributed by atoms with Crippen LogP contribution in [0.1, 0.15) is 26.7 Å². The first kappa shape index (κ1) is 11.1. The molecule has 0 aromatic rings. The van der Waals surface area contributed by atoms with Gasteiger partial charge in [0.15, 0.2) is 0 Å². The Morgan fingerprint density at radius 2 is 1.80 bits per heavy atom. The summed E-state index contributed by atoms with van der Waals surface area (Å²) < 4.78 is 5.74. The summed E-state index contributed by atoms with van der Waals surface area (Å²) in [6, 6.07) is 0.857. The van der Waals surface area contributed by atoms with E-state index in [0.717, 1.165) is 19.5 Å². The molecule has 0 spiro atoms. The van der Waals surface area contributed by atoms with E-state index in [9.17, 15) is 0 Å². The number of hydrogen-bond donors (Lipinski definition) is 1. The van der Waals surface area contributed by atoms with Gasteiger partial charge in [-0.15, -0.1) is 0 Å². The monoisotopic (exact) mass is 210 g/mol. The average molecular weight is 210 g/mol. The standard InChI is InChI=1S/C12H22N2O/c1-9-7-14(8-10(2)15-9)12-5-3-11(13)4-6-12/h3,5,9-12H,4,6-8,13H2,1-2H3/t9?,10?,11-,12?/m0/s1. The maximum atomic E-state index is 5.85. The third-order valence-electron chi connectivity index (χ3n) is 3.29. The Labute approximate surface area is 92.3 Å². The van der Waals surface area contributed by atoms with Crippen LogP contribution >= 0.6 is 0 Å². The van der Waals surface area contributed by atoms with Gasteiger partial charge in [0.05, 0.1) is 12.2 Å². The lowest BCUT2D eigenvalue weighted by Gasteiger charge is -2.40. The van der Waals surface area contributed by atoms with Crippen LogP contribution in [0.15, 0.2) is 12.2 Å². The van der Waals surface area contributed by atoms with Gasteiger partial charge in [-0.3, -0.25) is 4.90 Å². The SMILES string of the molecule is CC1CN(C2C=C[C@H](N)CC2)CC(C)O1. The van der Waals surface area contributed by atoms with Crippen molar-refractivity contribution in [3.63, 3.8) is 0 Å². The second kappa shape index (κ2) is 4.64. The molecule has 1 heterocycles. The van der Waals surface area contributed by atoms with Crippen LogP contribution < -0.4 is 5.73 Å². The number of nitrogens with zero attached hydrogens (tertiary/aromatic N) is 1. The van der Waals surface area contributed by atoms with Gasteiger partial charge in [0.25, 0.3) is 0 Å². The van der Waals surface area contributed by atoms with Gasteiger partial charge in [0, 0.05) is 25.2 Å². The molecule has 0 saturated carbocycles. The molecule has 3 heteroatoms. The van der Waals surface area contributed by atoms with Gasteiger partial charge in [-0.1, -0.05) is 12.2 Å². The van der Waals surface area contributed by atoms with Gasteiger partial charge >= 0.3 is 0 Å². The third-order valence-corrected chi connectivity index (χ3v) is 3.29. The van der Waals surface area contributed by atoms with Crippen molar-refractivity contribution in [2.24, 2.45) is 5.73 Å². The number of rotatable bonds is 1. The summed E-state index contributed by atoms with van der Waals surface area (Å²) in [6.07, 6.45) is 7.45. The van der Waals surface area contributed by atoms with Gasteiger partial charge in [0.2, 0.25) is 0 Å². The quantitative estimate of drug-likeness (QED) is 0.660. The molecular weight excluding hydrogens is 188 g/mol. The summed E-state index contributed by atoms with van der Waals surface area (Å²) in [6.45, 7) is 6.41. The minimum Gasteiger partial charge on any atom is -0.373 e. The summed E-state index contributed by atoms with van der Waals surface area (Å²) in [5.41, 5.74) is 5.85. The minimum atomic E-state index is 0.275. The van der Waals surface area contributed by atoms with Crippen LogP contribution in [0.25, 0.3) is 0 Å². The first-order chi connectivity index (χ1) is 7.15. The van der Waals surface area contributed by atoms with Crippen molar-refractivity contribution in [2.45, 2.75) is 51.0 Å². The van der Waals surface area contributed by atoms with E-state index in [0.29, 0.717) is 18.2 Å². The lowest BCUT2D eigenvalue weighted by atomic mass is 9.97. The molecule has 4 atom stereocenters. The summed E-state index contributed by atoms with van der Waals surface area (Å²) in [5.74, 6) is 0. The lowest BCUT2D eigenvalue weighted by molar-refractivity contribution is -0.0765. The average Bonchev–Trinajstić information content (AvgIpc) is 2.17. The number of ether oxygens (including phenoxy) is 1. The first-order valence-corrected chi connectivity index (χ1v) is 5.98. The van der Waals surface area contributed by atoms with Crippen LogP contribution in [0, 0.1) is 0 Å². The summed E-state index contributed by atoms with van der Waals surface area (Å²) in [5, 5.41) is 0. The van der Waals surface area contributed by atoms with E-state index in [1.54, 1.807) is 0 Å². The van der Waals surface area contributed by atoms with Crippen molar-refractivity contribution in [1.29, 1.82) is 0 Å². The Morgan fingerprint density at radius 1 is 1.13 bits per heavy atom. The molecule has 1 aliphatic heterocycles. The number of hydrogen-bond acceptors (Lipinski definition) is 3. The molecule has 0 radical (unpaired) electrons. The fraction of sp³-hybridized carbons (Fsp3) is 0.833. The fourth-order valence-corrected chi connectivity index (χ4v) is 2.62. The highest BCUT2D eigenvalue weighted by Crippen LogP contribution is 2.20. The van der Waals surface area contributed by atoms with E-state index < -0.39 is 0 Å². The van der Waals surface area contributed by atoms with Gasteiger partial charge in [0.1, 0.15) is 0 Å². The summed E-state index contributed by atoms with van der Waals surface area (Å²) >= 11 is 0. The predicted molar refractivity (Wildman–Crippen MR) is 61.7 cm³/mol. The van der Waals surface area contributed by atoms with E-state index in [1.807, 2.05) is 0 Å². The molecule has 3 nitrogen and oxygen atoms in total. The molecule has 2 aliphatic rings. The molecule has 0 aromatic heterocycles. The maximum absolute atomic E-state index is 5.85. The van der Waals surface area contributed by atoms with E-state index in [2.05, 4.69) is 30.9 Å². The molecule has 86 valence electrons. The smallest absolute Gasteiger partial charge is 0.0678 e. The Balaban J connectivity index is 1.95. The normalized spacial score (nSPS) is 43.1. The minimum absolute atomic E-state index is 0.275. The van der Waals surface area contributed by atoms with Crippen LogP contribution in [0.4, 0.5) is 0 Å². The zero-order chi connectivity index (χ0) is 10.8. The van der Waals surface area contributed by atoms with Crippen molar-refractivity contribution in [3.05, 3.63) is 12.2 Å². The largest absolute Gasteiger partial charge is 0.373 e. The molecule has 2 N–H and O–H groups in total. The molecule has 15 heavy (non-hydrogen) atoms. The molecule has 0 bridgehead atoms. The molecule has 1 aliphatic carbocycles. The Kier molecular flexibility index (Phi) is 3.44. The van der Waals surface area contributed by atoms with Crippen LogP contribution in [0.2, 0.25) is 0 Å². The Morgan fingerprint density at radius 3 is 2.33 bits per heavy atom. The lowest BCUT2D eigenvalue weighted by Crippen LogP contribution is -2.50. The topological polar surface area (TPSA) is 38.5 Å². The van der Waals surface area contributed by atoms with Gasteiger partial charge < -0.3 is 10.5 Å². The van der Waals surface area contributed by atoms with Gasteiger partial charge in [-0.05, 0) is 26.7 Å². The number of morpholine rings is 1. The van der Waals surface area contributed by atoms with E-state index >= 15 is 0 Å². The molecule has 2 rings (SSSR count). The molecule has 3 unspecified atom stereocenters. The fourth-order valence-electron chi connectivity index (χ4n) is 2.62. The Bertz CT molecular complexity index is 232. The highest BCUT2D eigenvalue weighted by molar-refractivity contribution is 5.05. The molecule has 1 fully saturated rings. The summed E-state index contributed by atoms with van der Waals surface area (Å²) in [7, 11) is 0. The van der Waals surface area contributed by atoms with Crippen molar-refractivity contribution in [3.8, 4) is 0 Å². The highest BCUT2D eigenvalue weighted by Gasteiger charge is 2.27. The van der Waals surface area contributed by atoms with Crippen molar-refractivity contribution >= 4 is 0 Å². The predicted octanol–water partition coefficient (Wildman–Crippen LogP) is 1.14. The van der Waals surface area contributed by atoms with Gasteiger partial charge in [-0.25, -0.2) is 0 Å². The van der Waals surface area contributed by atoms with Crippen molar-refractivity contribution in [1.82, 2.24) is 4.90 Å². The van der Waals surface area contributed by atoms with Crippen LogP contribution in [-0.2, 0) is 4.74 Å². The maximum Gasteiger partial charge on any atom is 0.0678 e. The van der Waals surface area contributed by atoms with Crippen LogP contribution in [-0.4, -0.2) is 42.3 Å². The van der Waals surface area contributed by atoms with Crippen LogP contribution in [0.5, 0.6) is 0 Å². The second-order valence-corrected chi connectivity index (χ2v) is 4.90. The molecular formula is C12H22N2O. The first-order valence-electron chi connectivity index (χ1n) is 5.98.